The third-order valence-corrected chi connectivity index (χ3v) is 2.28. The van der Waals surface area contributed by atoms with E-state index in [1.165, 1.54) is 0 Å². The van der Waals surface area contributed by atoms with E-state index in [9.17, 15) is 4.79 Å². The van der Waals surface area contributed by atoms with Gasteiger partial charge in [0.1, 0.15) is 0 Å². The van der Waals surface area contributed by atoms with Gasteiger partial charge in [-0.2, -0.15) is 0 Å². The van der Waals surface area contributed by atoms with Gasteiger partial charge in [-0.1, -0.05) is 37.3 Å². The molecule has 2 N–H and O–H groups in total. The molecule has 0 aromatic heterocycles. The number of carbonyl (C=O) groups is 1. The SMILES string of the molecule is CC(CO)C(C(=O)O)c1ccccc1. The van der Waals surface area contributed by atoms with Crippen LogP contribution in [0.5, 0.6) is 0 Å². The Balaban J connectivity index is 2.95. The number of hydrogen-bond donors (Lipinski definition) is 2. The Morgan fingerprint density at radius 1 is 1.36 bits per heavy atom. The topological polar surface area (TPSA) is 57.5 Å². The highest BCUT2D eigenvalue weighted by molar-refractivity contribution is 5.76. The Labute approximate surface area is 83.0 Å². The number of aliphatic hydroxyl groups excluding tert-OH is 1. The molecule has 0 saturated heterocycles. The van der Waals surface area contributed by atoms with Crippen molar-refractivity contribution in [3.8, 4) is 0 Å². The summed E-state index contributed by atoms with van der Waals surface area (Å²) in [4.78, 5) is 11.0. The Hall–Kier alpha value is -1.35. The van der Waals surface area contributed by atoms with Crippen molar-refractivity contribution in [1.29, 1.82) is 0 Å². The lowest BCUT2D eigenvalue weighted by Crippen LogP contribution is -2.21. The Bertz CT molecular complexity index is 295. The van der Waals surface area contributed by atoms with Crippen LogP contribution in [0, 0.1) is 5.92 Å². The fourth-order valence-electron chi connectivity index (χ4n) is 1.48. The van der Waals surface area contributed by atoms with Gasteiger partial charge < -0.3 is 10.2 Å². The molecular formula is C11H14O3. The number of benzene rings is 1. The van der Waals surface area contributed by atoms with Crippen LogP contribution in [0.2, 0.25) is 0 Å². The Morgan fingerprint density at radius 2 is 1.93 bits per heavy atom. The van der Waals surface area contributed by atoms with Gasteiger partial charge in [0.2, 0.25) is 0 Å². The summed E-state index contributed by atoms with van der Waals surface area (Å²) >= 11 is 0. The highest BCUT2D eigenvalue weighted by atomic mass is 16.4. The largest absolute Gasteiger partial charge is 0.481 e. The number of rotatable bonds is 4. The van der Waals surface area contributed by atoms with Gasteiger partial charge in [0.25, 0.3) is 0 Å². The molecule has 0 aliphatic carbocycles. The number of carboxylic acid groups (broad SMARTS) is 1. The van der Waals surface area contributed by atoms with E-state index >= 15 is 0 Å². The van der Waals surface area contributed by atoms with Crippen molar-refractivity contribution in [2.24, 2.45) is 5.92 Å². The van der Waals surface area contributed by atoms with Crippen LogP contribution in [0.1, 0.15) is 18.4 Å². The zero-order valence-corrected chi connectivity index (χ0v) is 8.05. The summed E-state index contributed by atoms with van der Waals surface area (Å²) in [7, 11) is 0. The van der Waals surface area contributed by atoms with Gasteiger partial charge in [-0.15, -0.1) is 0 Å². The van der Waals surface area contributed by atoms with Crippen LogP contribution in [0.4, 0.5) is 0 Å². The molecular weight excluding hydrogens is 180 g/mol. The monoisotopic (exact) mass is 194 g/mol. The minimum atomic E-state index is -0.891. The maximum Gasteiger partial charge on any atom is 0.311 e. The van der Waals surface area contributed by atoms with E-state index in [0.717, 1.165) is 5.56 Å². The van der Waals surface area contributed by atoms with Crippen molar-refractivity contribution >= 4 is 5.97 Å². The van der Waals surface area contributed by atoms with E-state index in [0.29, 0.717) is 0 Å². The van der Waals surface area contributed by atoms with E-state index in [-0.39, 0.29) is 12.5 Å². The second kappa shape index (κ2) is 4.77. The second-order valence-electron chi connectivity index (χ2n) is 3.39. The van der Waals surface area contributed by atoms with Crippen molar-refractivity contribution in [2.45, 2.75) is 12.8 Å². The minimum absolute atomic E-state index is 0.119. The van der Waals surface area contributed by atoms with Crippen LogP contribution < -0.4 is 0 Å². The van der Waals surface area contributed by atoms with E-state index in [1.807, 2.05) is 6.07 Å². The molecule has 2 unspecified atom stereocenters. The molecule has 1 aromatic rings. The second-order valence-corrected chi connectivity index (χ2v) is 3.39. The first-order valence-electron chi connectivity index (χ1n) is 4.55. The molecule has 1 rings (SSSR count). The van der Waals surface area contributed by atoms with Crippen molar-refractivity contribution in [1.82, 2.24) is 0 Å². The molecule has 0 amide bonds. The number of aliphatic hydroxyl groups is 1. The van der Waals surface area contributed by atoms with Gasteiger partial charge in [-0.3, -0.25) is 4.79 Å². The molecule has 0 aliphatic heterocycles. The van der Waals surface area contributed by atoms with Gasteiger partial charge in [-0.05, 0) is 11.5 Å². The van der Waals surface area contributed by atoms with Crippen LogP contribution >= 0.6 is 0 Å². The molecule has 0 bridgehead atoms. The van der Waals surface area contributed by atoms with Crippen molar-refractivity contribution < 1.29 is 15.0 Å². The molecule has 0 radical (unpaired) electrons. The highest BCUT2D eigenvalue weighted by Crippen LogP contribution is 2.24. The standard InChI is InChI=1S/C11H14O3/c1-8(7-12)10(11(13)14)9-5-3-2-4-6-9/h2-6,8,10,12H,7H2,1H3,(H,13,14). The van der Waals surface area contributed by atoms with Crippen molar-refractivity contribution in [3.05, 3.63) is 35.9 Å². The predicted octanol–water partition coefficient (Wildman–Crippen LogP) is 1.48. The summed E-state index contributed by atoms with van der Waals surface area (Å²) in [5, 5.41) is 18.0. The Morgan fingerprint density at radius 3 is 2.36 bits per heavy atom. The minimum Gasteiger partial charge on any atom is -0.481 e. The maximum absolute atomic E-state index is 11.0. The highest BCUT2D eigenvalue weighted by Gasteiger charge is 2.25. The molecule has 0 fully saturated rings. The molecule has 3 heteroatoms. The van der Waals surface area contributed by atoms with Gasteiger partial charge in [0.05, 0.1) is 5.92 Å². The fraction of sp³-hybridized carbons (Fsp3) is 0.364. The number of aliphatic carboxylic acids is 1. The zero-order valence-electron chi connectivity index (χ0n) is 8.05. The summed E-state index contributed by atoms with van der Waals surface area (Å²) in [5.41, 5.74) is 0.738. The summed E-state index contributed by atoms with van der Waals surface area (Å²) in [6, 6.07) is 8.98. The molecule has 0 aliphatic rings. The van der Waals surface area contributed by atoms with Gasteiger partial charge in [0, 0.05) is 6.61 Å². The smallest absolute Gasteiger partial charge is 0.311 e. The molecule has 3 nitrogen and oxygen atoms in total. The molecule has 0 heterocycles. The van der Waals surface area contributed by atoms with E-state index in [4.69, 9.17) is 10.2 Å². The molecule has 0 spiro atoms. The number of carboxylic acids is 1. The van der Waals surface area contributed by atoms with Crippen molar-refractivity contribution in [2.75, 3.05) is 6.61 Å². The normalized spacial score (nSPS) is 14.7. The van der Waals surface area contributed by atoms with Crippen molar-refractivity contribution in [3.63, 3.8) is 0 Å². The molecule has 0 saturated carbocycles. The molecule has 14 heavy (non-hydrogen) atoms. The summed E-state index contributed by atoms with van der Waals surface area (Å²) < 4.78 is 0. The lowest BCUT2D eigenvalue weighted by molar-refractivity contribution is -0.140. The van der Waals surface area contributed by atoms with Gasteiger partial charge in [0.15, 0.2) is 0 Å². The Kier molecular flexibility index (Phi) is 3.65. The lowest BCUT2D eigenvalue weighted by atomic mass is 9.88. The average molecular weight is 194 g/mol. The quantitative estimate of drug-likeness (QED) is 0.763. The first-order valence-corrected chi connectivity index (χ1v) is 4.55. The van der Waals surface area contributed by atoms with Crippen LogP contribution in [0.15, 0.2) is 30.3 Å². The maximum atomic E-state index is 11.0. The summed E-state index contributed by atoms with van der Waals surface area (Å²) in [6.07, 6.45) is 0. The lowest BCUT2D eigenvalue weighted by Gasteiger charge is -2.18. The molecule has 76 valence electrons. The summed E-state index contributed by atoms with van der Waals surface area (Å²) in [5.74, 6) is -1.78. The van der Waals surface area contributed by atoms with Crippen LogP contribution in [0.3, 0.4) is 0 Å². The fourth-order valence-corrected chi connectivity index (χ4v) is 1.48. The summed E-state index contributed by atoms with van der Waals surface area (Å²) in [6.45, 7) is 1.61. The van der Waals surface area contributed by atoms with E-state index in [1.54, 1.807) is 31.2 Å². The van der Waals surface area contributed by atoms with Crippen LogP contribution in [0.25, 0.3) is 0 Å². The zero-order chi connectivity index (χ0) is 10.6. The van der Waals surface area contributed by atoms with Crippen LogP contribution in [-0.2, 0) is 4.79 Å². The molecule has 1 aromatic carbocycles. The predicted molar refractivity (Wildman–Crippen MR) is 53.1 cm³/mol. The van der Waals surface area contributed by atoms with E-state index in [2.05, 4.69) is 0 Å². The number of hydrogen-bond acceptors (Lipinski definition) is 2. The third kappa shape index (κ3) is 2.33. The van der Waals surface area contributed by atoms with E-state index < -0.39 is 11.9 Å². The van der Waals surface area contributed by atoms with Crippen LogP contribution in [-0.4, -0.2) is 22.8 Å². The first kappa shape index (κ1) is 10.7. The van der Waals surface area contributed by atoms with Gasteiger partial charge >= 0.3 is 5.97 Å². The third-order valence-electron chi connectivity index (χ3n) is 2.28. The molecule has 2 atom stereocenters. The first-order chi connectivity index (χ1) is 6.66. The van der Waals surface area contributed by atoms with Gasteiger partial charge in [-0.25, -0.2) is 0 Å². The average Bonchev–Trinajstić information content (AvgIpc) is 2.19.